The van der Waals surface area contributed by atoms with Crippen molar-refractivity contribution in [1.82, 2.24) is 4.98 Å². The Balaban J connectivity index is 1.35. The molecule has 1 aromatic heterocycles. The van der Waals surface area contributed by atoms with Crippen LogP contribution in [0.25, 0.3) is 0 Å². The van der Waals surface area contributed by atoms with Crippen LogP contribution in [-0.4, -0.2) is 22.0 Å². The number of aromatic nitrogens is 1. The van der Waals surface area contributed by atoms with Crippen molar-refractivity contribution >= 4 is 79.7 Å². The second-order valence-electron chi connectivity index (χ2n) is 9.59. The lowest BCUT2D eigenvalue weighted by atomic mass is 9.68. The fourth-order valence-corrected chi connectivity index (χ4v) is 10.5. The number of aromatic amines is 1. The van der Waals surface area contributed by atoms with Gasteiger partial charge in [-0.3, -0.25) is 19.3 Å². The summed E-state index contributed by atoms with van der Waals surface area (Å²) in [5.74, 6) is -0.852. The zero-order chi connectivity index (χ0) is 24.2. The van der Waals surface area contributed by atoms with Gasteiger partial charge in [0, 0.05) is 20.5 Å². The zero-order valence-electron chi connectivity index (χ0n) is 17.9. The van der Waals surface area contributed by atoms with Crippen LogP contribution < -0.4 is 9.77 Å². The Morgan fingerprint density at radius 2 is 1.69 bits per heavy atom. The molecule has 7 atom stereocenters. The molecule has 10 heteroatoms. The number of nitrogens with one attached hydrogen (secondary N) is 1. The van der Waals surface area contributed by atoms with Crippen LogP contribution in [0.3, 0.4) is 0 Å². The predicted octanol–water partition coefficient (Wildman–Crippen LogP) is 6.18. The number of thioether (sulfide) groups is 1. The molecule has 7 rings (SSSR count). The molecular weight excluding hydrogens is 591 g/mol. The second-order valence-corrected chi connectivity index (χ2v) is 13.5. The minimum absolute atomic E-state index is 0.0322. The molecule has 178 valence electrons. The normalized spacial score (nSPS) is 32.7. The van der Waals surface area contributed by atoms with E-state index in [0.29, 0.717) is 15.7 Å². The van der Waals surface area contributed by atoms with E-state index in [1.807, 2.05) is 24.3 Å². The lowest BCUT2D eigenvalue weighted by molar-refractivity contribution is -0.123. The van der Waals surface area contributed by atoms with Crippen molar-refractivity contribution < 1.29 is 9.59 Å². The summed E-state index contributed by atoms with van der Waals surface area (Å²) in [6, 6.07) is 12.9. The van der Waals surface area contributed by atoms with Gasteiger partial charge in [-0.1, -0.05) is 62.6 Å². The summed E-state index contributed by atoms with van der Waals surface area (Å²) < 4.78 is 0.893. The van der Waals surface area contributed by atoms with Gasteiger partial charge in [0.05, 0.1) is 32.6 Å². The molecule has 1 saturated heterocycles. The summed E-state index contributed by atoms with van der Waals surface area (Å²) in [5.41, 5.74) is 1.50. The molecule has 0 spiro atoms. The van der Waals surface area contributed by atoms with Crippen molar-refractivity contribution in [3.05, 3.63) is 77.1 Å². The van der Waals surface area contributed by atoms with E-state index in [4.69, 9.17) is 23.2 Å². The number of amides is 2. The summed E-state index contributed by atoms with van der Waals surface area (Å²) in [6.45, 7) is 0. The highest BCUT2D eigenvalue weighted by molar-refractivity contribution is 9.10. The average molecular weight is 608 g/mol. The number of carbonyl (C=O) groups is 2. The van der Waals surface area contributed by atoms with Gasteiger partial charge < -0.3 is 4.98 Å². The van der Waals surface area contributed by atoms with E-state index in [-0.39, 0.29) is 57.4 Å². The van der Waals surface area contributed by atoms with Crippen LogP contribution in [0.1, 0.15) is 22.8 Å². The van der Waals surface area contributed by atoms with Crippen molar-refractivity contribution in [2.75, 3.05) is 4.90 Å². The molecule has 1 N–H and O–H groups in total. The molecule has 2 aliphatic heterocycles. The lowest BCUT2D eigenvalue weighted by Gasteiger charge is -2.43. The molecule has 6 unspecified atom stereocenters. The number of anilines is 1. The Hall–Kier alpha value is -1.58. The number of halogens is 3. The van der Waals surface area contributed by atoms with E-state index in [1.165, 1.54) is 16.2 Å². The predicted molar refractivity (Wildman–Crippen MR) is 142 cm³/mol. The number of benzene rings is 2. The van der Waals surface area contributed by atoms with Gasteiger partial charge in [0.15, 0.2) is 0 Å². The number of hydrogen-bond donors (Lipinski definition) is 1. The summed E-state index contributed by atoms with van der Waals surface area (Å²) >= 11 is 19.4. The lowest BCUT2D eigenvalue weighted by Crippen LogP contribution is -2.42. The molecule has 3 fully saturated rings. The molecule has 2 aliphatic carbocycles. The molecule has 2 amide bonds. The van der Waals surface area contributed by atoms with E-state index >= 15 is 0 Å². The molecule has 2 saturated carbocycles. The third-order valence-corrected chi connectivity index (χ3v) is 12.1. The topological polar surface area (TPSA) is 70.2 Å². The first-order chi connectivity index (χ1) is 16.8. The first kappa shape index (κ1) is 22.6. The zero-order valence-corrected chi connectivity index (χ0v) is 22.6. The van der Waals surface area contributed by atoms with Crippen LogP contribution >= 0.6 is 62.2 Å². The van der Waals surface area contributed by atoms with Gasteiger partial charge >= 0.3 is 4.87 Å². The van der Waals surface area contributed by atoms with Crippen molar-refractivity contribution in [3.8, 4) is 0 Å². The first-order valence-corrected chi connectivity index (χ1v) is 14.6. The Bertz CT molecular complexity index is 1470. The van der Waals surface area contributed by atoms with Crippen molar-refractivity contribution in [3.63, 3.8) is 0 Å². The Kier molecular flexibility index (Phi) is 5.14. The smallest absolute Gasteiger partial charge is 0.305 e. The molecule has 2 bridgehead atoms. The number of thiazole rings is 1. The third kappa shape index (κ3) is 3.10. The van der Waals surface area contributed by atoms with Crippen LogP contribution in [0.2, 0.25) is 10.0 Å². The van der Waals surface area contributed by atoms with Crippen LogP contribution in [0.15, 0.2) is 56.8 Å². The van der Waals surface area contributed by atoms with E-state index < -0.39 is 0 Å². The maximum absolute atomic E-state index is 13.7. The van der Waals surface area contributed by atoms with Crippen LogP contribution in [0, 0.1) is 29.6 Å². The van der Waals surface area contributed by atoms with Gasteiger partial charge in [0.1, 0.15) is 0 Å². The SMILES string of the molecule is O=C1C2C3CC(C2C(=O)N1c1ccc(Br)cc1)C1C3Sc2[nH]c(=O)sc2[C@@H]1c1cccc(Cl)c1Cl. The quantitative estimate of drug-likeness (QED) is 0.353. The molecule has 3 heterocycles. The average Bonchev–Trinajstić information content (AvgIpc) is 3.56. The fourth-order valence-electron chi connectivity index (χ4n) is 6.97. The molecule has 5 nitrogen and oxygen atoms in total. The van der Waals surface area contributed by atoms with Gasteiger partial charge in [-0.15, -0.1) is 11.8 Å². The van der Waals surface area contributed by atoms with Gasteiger partial charge in [-0.25, -0.2) is 0 Å². The molecule has 2 aromatic carbocycles. The molecule has 0 radical (unpaired) electrons. The fraction of sp³-hybridized carbons (Fsp3) is 0.320. The standard InChI is InChI=1S/C25H17BrCl2N2O3S2/c26-9-4-6-10(7-5-9)30-23(31)17-12-8-13(18(17)24(30)32)20-16(12)15(11-2-1-3-14(27)19(11)28)21-22(34-20)29-25(33)35-21/h1-7,12-13,15-18,20H,8H2,(H,29,33)/t12?,13?,15-,16?,17?,18?,20?/m1/s1. The Morgan fingerprint density at radius 3 is 2.43 bits per heavy atom. The third-order valence-electron chi connectivity index (χ3n) is 8.13. The largest absolute Gasteiger partial charge is 0.307 e. The van der Waals surface area contributed by atoms with Crippen molar-refractivity contribution in [2.24, 2.45) is 29.6 Å². The number of hydrogen-bond acceptors (Lipinski definition) is 5. The maximum atomic E-state index is 13.7. The molecular formula is C25H17BrCl2N2O3S2. The van der Waals surface area contributed by atoms with Crippen molar-refractivity contribution in [2.45, 2.75) is 22.6 Å². The number of H-pyrrole nitrogens is 1. The number of carbonyl (C=O) groups excluding carboxylic acids is 2. The molecule has 4 aliphatic rings. The summed E-state index contributed by atoms with van der Waals surface area (Å²) in [5, 5.41) is 1.92. The minimum atomic E-state index is -0.351. The van der Waals surface area contributed by atoms with E-state index in [9.17, 15) is 14.4 Å². The van der Waals surface area contributed by atoms with E-state index in [2.05, 4.69) is 20.9 Å². The second kappa shape index (κ2) is 7.96. The Labute approximate surface area is 227 Å². The number of fused-ring (bicyclic) bond motifs is 9. The van der Waals surface area contributed by atoms with Crippen LogP contribution in [-0.2, 0) is 9.59 Å². The summed E-state index contributed by atoms with van der Waals surface area (Å²) in [6.07, 6.45) is 0.831. The highest BCUT2D eigenvalue weighted by Gasteiger charge is 2.69. The van der Waals surface area contributed by atoms with Crippen LogP contribution in [0.4, 0.5) is 5.69 Å². The number of rotatable bonds is 2. The van der Waals surface area contributed by atoms with Gasteiger partial charge in [-0.05, 0) is 60.1 Å². The van der Waals surface area contributed by atoms with Gasteiger partial charge in [0.25, 0.3) is 0 Å². The number of nitrogens with zero attached hydrogens (tertiary/aromatic N) is 1. The van der Waals surface area contributed by atoms with E-state index in [0.717, 1.165) is 26.4 Å². The Morgan fingerprint density at radius 1 is 0.971 bits per heavy atom. The molecule has 35 heavy (non-hydrogen) atoms. The summed E-state index contributed by atoms with van der Waals surface area (Å²) in [4.78, 5) is 45.0. The molecule has 3 aromatic rings. The van der Waals surface area contributed by atoms with E-state index in [1.54, 1.807) is 30.0 Å². The first-order valence-electron chi connectivity index (χ1n) is 11.3. The highest BCUT2D eigenvalue weighted by Crippen LogP contribution is 2.69. The highest BCUT2D eigenvalue weighted by atomic mass is 79.9. The van der Waals surface area contributed by atoms with Gasteiger partial charge in [-0.2, -0.15) is 0 Å². The number of imide groups is 1. The minimum Gasteiger partial charge on any atom is -0.307 e. The summed E-state index contributed by atoms with van der Waals surface area (Å²) in [7, 11) is 0. The van der Waals surface area contributed by atoms with Gasteiger partial charge in [0.2, 0.25) is 11.8 Å². The van der Waals surface area contributed by atoms with Crippen molar-refractivity contribution in [1.29, 1.82) is 0 Å². The maximum Gasteiger partial charge on any atom is 0.305 e. The monoisotopic (exact) mass is 606 g/mol. The van der Waals surface area contributed by atoms with Crippen LogP contribution in [0.5, 0.6) is 0 Å².